The van der Waals surface area contributed by atoms with Crippen molar-refractivity contribution in [1.29, 1.82) is 5.26 Å². The fourth-order valence-electron chi connectivity index (χ4n) is 1.08. The number of nitriles is 1. The zero-order valence-corrected chi connectivity index (χ0v) is 9.27. The molecule has 0 saturated carbocycles. The smallest absolute Gasteiger partial charge is 0.273 e. The molecule has 0 saturated heterocycles. The van der Waals surface area contributed by atoms with Crippen LogP contribution in [0.15, 0.2) is 12.4 Å². The molecule has 1 aromatic rings. The number of carbonyl (C=O) groups is 1. The standard InChI is InChI=1S/C10H13N5O/c1-12-9-7-13-8(6-14-9)10(16)15(2)5-3-4-11/h6-7H,3,5H2,1-2H3,(H,12,14). The van der Waals surface area contributed by atoms with Gasteiger partial charge in [0.25, 0.3) is 5.91 Å². The number of anilines is 1. The fraction of sp³-hybridized carbons (Fsp3) is 0.400. The van der Waals surface area contributed by atoms with Crippen LogP contribution in [0.3, 0.4) is 0 Å². The number of carbonyl (C=O) groups excluding carboxylic acids is 1. The third-order valence-corrected chi connectivity index (χ3v) is 2.03. The number of rotatable bonds is 4. The molecular weight excluding hydrogens is 206 g/mol. The first-order valence-corrected chi connectivity index (χ1v) is 4.81. The largest absolute Gasteiger partial charge is 0.372 e. The Hall–Kier alpha value is -2.16. The van der Waals surface area contributed by atoms with Crippen LogP contribution >= 0.6 is 0 Å². The van der Waals surface area contributed by atoms with E-state index in [4.69, 9.17) is 5.26 Å². The summed E-state index contributed by atoms with van der Waals surface area (Å²) in [5.41, 5.74) is 0.277. The van der Waals surface area contributed by atoms with E-state index in [1.54, 1.807) is 14.1 Å². The zero-order valence-electron chi connectivity index (χ0n) is 9.27. The quantitative estimate of drug-likeness (QED) is 0.797. The van der Waals surface area contributed by atoms with Crippen LogP contribution in [0.2, 0.25) is 0 Å². The molecule has 16 heavy (non-hydrogen) atoms. The Kier molecular flexibility index (Phi) is 4.21. The molecule has 84 valence electrons. The first kappa shape index (κ1) is 11.9. The molecule has 0 aliphatic rings. The van der Waals surface area contributed by atoms with Crippen molar-refractivity contribution in [2.45, 2.75) is 6.42 Å². The van der Waals surface area contributed by atoms with E-state index in [9.17, 15) is 4.79 Å². The third kappa shape index (κ3) is 2.92. The maximum atomic E-state index is 11.7. The van der Waals surface area contributed by atoms with Crippen molar-refractivity contribution in [2.75, 3.05) is 26.0 Å². The molecule has 0 fully saturated rings. The second kappa shape index (κ2) is 5.66. The topological polar surface area (TPSA) is 81.9 Å². The molecule has 0 aromatic carbocycles. The number of aromatic nitrogens is 2. The second-order valence-electron chi connectivity index (χ2n) is 3.17. The summed E-state index contributed by atoms with van der Waals surface area (Å²) in [6, 6.07) is 1.98. The van der Waals surface area contributed by atoms with Gasteiger partial charge in [-0.15, -0.1) is 0 Å². The van der Waals surface area contributed by atoms with Gasteiger partial charge in [0.05, 0.1) is 24.9 Å². The molecule has 0 atom stereocenters. The molecule has 1 amide bonds. The van der Waals surface area contributed by atoms with Crippen molar-refractivity contribution in [3.8, 4) is 6.07 Å². The highest BCUT2D eigenvalue weighted by molar-refractivity contribution is 5.91. The monoisotopic (exact) mass is 219 g/mol. The molecule has 0 radical (unpaired) electrons. The number of hydrogen-bond donors (Lipinski definition) is 1. The van der Waals surface area contributed by atoms with Gasteiger partial charge in [0.15, 0.2) is 0 Å². The van der Waals surface area contributed by atoms with Gasteiger partial charge < -0.3 is 10.2 Å². The summed E-state index contributed by atoms with van der Waals surface area (Å²) in [6.45, 7) is 0.394. The van der Waals surface area contributed by atoms with Crippen molar-refractivity contribution in [3.63, 3.8) is 0 Å². The lowest BCUT2D eigenvalue weighted by Gasteiger charge is -2.14. The van der Waals surface area contributed by atoms with Gasteiger partial charge in [-0.05, 0) is 0 Å². The van der Waals surface area contributed by atoms with Gasteiger partial charge in [-0.2, -0.15) is 5.26 Å². The first-order chi connectivity index (χ1) is 7.69. The molecule has 0 unspecified atom stereocenters. The Morgan fingerprint density at radius 3 is 2.81 bits per heavy atom. The number of nitrogens with zero attached hydrogens (tertiary/aromatic N) is 4. The highest BCUT2D eigenvalue weighted by Crippen LogP contribution is 2.02. The van der Waals surface area contributed by atoms with E-state index in [0.29, 0.717) is 18.8 Å². The molecule has 6 heteroatoms. The molecule has 0 bridgehead atoms. The minimum atomic E-state index is -0.231. The normalized spacial score (nSPS) is 9.31. The van der Waals surface area contributed by atoms with Crippen molar-refractivity contribution in [2.24, 2.45) is 0 Å². The summed E-state index contributed by atoms with van der Waals surface area (Å²) in [5, 5.41) is 11.2. The Morgan fingerprint density at radius 2 is 2.31 bits per heavy atom. The van der Waals surface area contributed by atoms with Gasteiger partial charge in [0.1, 0.15) is 11.5 Å². The highest BCUT2D eigenvalue weighted by Gasteiger charge is 2.12. The summed E-state index contributed by atoms with van der Waals surface area (Å²) in [4.78, 5) is 21.2. The van der Waals surface area contributed by atoms with Crippen molar-refractivity contribution in [3.05, 3.63) is 18.1 Å². The van der Waals surface area contributed by atoms with E-state index >= 15 is 0 Å². The van der Waals surface area contributed by atoms with Crippen LogP contribution in [-0.2, 0) is 0 Å². The van der Waals surface area contributed by atoms with Crippen LogP contribution in [0.5, 0.6) is 0 Å². The first-order valence-electron chi connectivity index (χ1n) is 4.81. The summed E-state index contributed by atoms with van der Waals surface area (Å²) < 4.78 is 0. The summed E-state index contributed by atoms with van der Waals surface area (Å²) in [5.74, 6) is 0.377. The highest BCUT2D eigenvalue weighted by atomic mass is 16.2. The Balaban J connectivity index is 2.69. The van der Waals surface area contributed by atoms with Crippen molar-refractivity contribution in [1.82, 2.24) is 14.9 Å². The average molecular weight is 219 g/mol. The summed E-state index contributed by atoms with van der Waals surface area (Å²) in [6.07, 6.45) is 3.21. The number of nitrogens with one attached hydrogen (secondary N) is 1. The predicted molar refractivity (Wildman–Crippen MR) is 58.8 cm³/mol. The maximum absolute atomic E-state index is 11.7. The SMILES string of the molecule is CNc1cnc(C(=O)N(C)CCC#N)cn1. The average Bonchev–Trinajstić information content (AvgIpc) is 2.35. The predicted octanol–water partition coefficient (Wildman–Crippen LogP) is 0.504. The zero-order chi connectivity index (χ0) is 12.0. The van der Waals surface area contributed by atoms with Crippen LogP contribution < -0.4 is 5.32 Å². The Labute approximate surface area is 93.9 Å². The van der Waals surface area contributed by atoms with Crippen molar-refractivity contribution < 1.29 is 4.79 Å². The molecule has 0 spiro atoms. The number of hydrogen-bond acceptors (Lipinski definition) is 5. The van der Waals surface area contributed by atoms with Crippen LogP contribution in [0.25, 0.3) is 0 Å². The third-order valence-electron chi connectivity index (χ3n) is 2.03. The van der Waals surface area contributed by atoms with Crippen LogP contribution in [-0.4, -0.2) is 41.4 Å². The lowest BCUT2D eigenvalue weighted by molar-refractivity contribution is 0.0792. The molecule has 1 aromatic heterocycles. The van der Waals surface area contributed by atoms with E-state index in [1.165, 1.54) is 17.3 Å². The fourth-order valence-corrected chi connectivity index (χ4v) is 1.08. The van der Waals surface area contributed by atoms with Crippen molar-refractivity contribution >= 4 is 11.7 Å². The van der Waals surface area contributed by atoms with E-state index in [-0.39, 0.29) is 11.6 Å². The maximum Gasteiger partial charge on any atom is 0.273 e. The minimum absolute atomic E-state index is 0.231. The van der Waals surface area contributed by atoms with E-state index in [0.717, 1.165) is 0 Å². The van der Waals surface area contributed by atoms with Gasteiger partial charge in [0, 0.05) is 20.6 Å². The van der Waals surface area contributed by atoms with Gasteiger partial charge in [-0.3, -0.25) is 4.79 Å². The minimum Gasteiger partial charge on any atom is -0.372 e. The van der Waals surface area contributed by atoms with Gasteiger partial charge in [-0.25, -0.2) is 9.97 Å². The van der Waals surface area contributed by atoms with E-state index in [1.807, 2.05) is 6.07 Å². The molecule has 0 aliphatic heterocycles. The van der Waals surface area contributed by atoms with Crippen LogP contribution in [0, 0.1) is 11.3 Å². The summed E-state index contributed by atoms with van der Waals surface area (Å²) >= 11 is 0. The Bertz CT molecular complexity index is 395. The molecule has 1 heterocycles. The second-order valence-corrected chi connectivity index (χ2v) is 3.17. The summed E-state index contributed by atoms with van der Waals surface area (Å²) in [7, 11) is 3.36. The number of amides is 1. The molecule has 6 nitrogen and oxygen atoms in total. The lowest BCUT2D eigenvalue weighted by atomic mass is 10.3. The molecule has 0 aliphatic carbocycles. The molecule has 1 rings (SSSR count). The van der Waals surface area contributed by atoms with Gasteiger partial charge >= 0.3 is 0 Å². The lowest BCUT2D eigenvalue weighted by Crippen LogP contribution is -2.28. The van der Waals surface area contributed by atoms with E-state index in [2.05, 4.69) is 15.3 Å². The molecule has 1 N–H and O–H groups in total. The van der Waals surface area contributed by atoms with Crippen LogP contribution in [0.4, 0.5) is 5.82 Å². The van der Waals surface area contributed by atoms with E-state index < -0.39 is 0 Å². The van der Waals surface area contributed by atoms with Gasteiger partial charge in [-0.1, -0.05) is 0 Å². The molecular formula is C10H13N5O. The van der Waals surface area contributed by atoms with Gasteiger partial charge in [0.2, 0.25) is 0 Å². The Morgan fingerprint density at radius 1 is 1.56 bits per heavy atom. The van der Waals surface area contributed by atoms with Crippen LogP contribution in [0.1, 0.15) is 16.9 Å².